The summed E-state index contributed by atoms with van der Waals surface area (Å²) >= 11 is 0. The van der Waals surface area contributed by atoms with Gasteiger partial charge in [0.1, 0.15) is 12.2 Å². The van der Waals surface area contributed by atoms with E-state index in [1.807, 2.05) is 36.0 Å². The van der Waals surface area contributed by atoms with Crippen molar-refractivity contribution >= 4 is 11.4 Å². The number of anilines is 2. The third-order valence-corrected chi connectivity index (χ3v) is 2.72. The number of benzene rings is 1. The van der Waals surface area contributed by atoms with Crippen molar-refractivity contribution in [2.24, 2.45) is 0 Å². The van der Waals surface area contributed by atoms with E-state index in [4.69, 9.17) is 5.73 Å². The van der Waals surface area contributed by atoms with Crippen LogP contribution in [0.25, 0.3) is 0 Å². The molecular weight excluding hydrogens is 214 g/mol. The first-order valence-corrected chi connectivity index (χ1v) is 5.64. The number of hydrogen-bond donors (Lipinski definition) is 1. The summed E-state index contributed by atoms with van der Waals surface area (Å²) in [5, 5.41) is 4.15. The Hall–Kier alpha value is -2.04. The summed E-state index contributed by atoms with van der Waals surface area (Å²) in [5.41, 5.74) is 7.72. The molecule has 0 atom stereocenters. The van der Waals surface area contributed by atoms with Crippen molar-refractivity contribution in [3.63, 3.8) is 0 Å². The van der Waals surface area contributed by atoms with E-state index in [1.165, 1.54) is 0 Å². The molecule has 1 aromatic carbocycles. The number of aromatic nitrogens is 3. The summed E-state index contributed by atoms with van der Waals surface area (Å²) in [6.45, 7) is 3.57. The summed E-state index contributed by atoms with van der Waals surface area (Å²) in [6.07, 6.45) is 1.58. The molecule has 2 rings (SSSR count). The van der Waals surface area contributed by atoms with Gasteiger partial charge in [-0.15, -0.1) is 0 Å². The molecule has 0 spiro atoms. The number of hydrogen-bond acceptors (Lipinski definition) is 4. The van der Waals surface area contributed by atoms with Crippen molar-refractivity contribution < 1.29 is 0 Å². The quantitative estimate of drug-likeness (QED) is 0.810. The van der Waals surface area contributed by atoms with E-state index in [0.29, 0.717) is 6.54 Å². The number of nitrogens with zero attached hydrogens (tertiary/aromatic N) is 4. The molecule has 0 saturated heterocycles. The van der Waals surface area contributed by atoms with Crippen LogP contribution in [0.15, 0.2) is 30.6 Å². The fourth-order valence-corrected chi connectivity index (χ4v) is 1.81. The molecular formula is C12H17N5. The van der Waals surface area contributed by atoms with Crippen LogP contribution in [0.5, 0.6) is 0 Å². The topological polar surface area (TPSA) is 60.0 Å². The van der Waals surface area contributed by atoms with Crippen molar-refractivity contribution in [1.29, 1.82) is 0 Å². The van der Waals surface area contributed by atoms with Crippen LogP contribution in [0.2, 0.25) is 0 Å². The van der Waals surface area contributed by atoms with Crippen molar-refractivity contribution in [3.8, 4) is 0 Å². The van der Waals surface area contributed by atoms with E-state index in [2.05, 4.69) is 21.9 Å². The molecule has 0 aliphatic carbocycles. The maximum absolute atomic E-state index is 5.94. The van der Waals surface area contributed by atoms with E-state index < -0.39 is 0 Å². The van der Waals surface area contributed by atoms with Gasteiger partial charge >= 0.3 is 0 Å². The van der Waals surface area contributed by atoms with E-state index in [0.717, 1.165) is 23.7 Å². The summed E-state index contributed by atoms with van der Waals surface area (Å²) in [6, 6.07) is 7.81. The van der Waals surface area contributed by atoms with E-state index in [-0.39, 0.29) is 0 Å². The van der Waals surface area contributed by atoms with Crippen LogP contribution >= 0.6 is 0 Å². The predicted octanol–water partition coefficient (Wildman–Crippen LogP) is 1.52. The van der Waals surface area contributed by atoms with Crippen LogP contribution in [0.3, 0.4) is 0 Å². The molecule has 0 bridgehead atoms. The first-order chi connectivity index (χ1) is 8.22. The SMILES string of the molecule is CCn1ncnc1CN(C)c1ccccc1N. The first-order valence-electron chi connectivity index (χ1n) is 5.64. The smallest absolute Gasteiger partial charge is 0.146 e. The Morgan fingerprint density at radius 2 is 2.12 bits per heavy atom. The van der Waals surface area contributed by atoms with Crippen LogP contribution in [0, 0.1) is 0 Å². The average Bonchev–Trinajstić information content (AvgIpc) is 2.76. The monoisotopic (exact) mass is 231 g/mol. The fraction of sp³-hybridized carbons (Fsp3) is 0.333. The maximum Gasteiger partial charge on any atom is 0.146 e. The average molecular weight is 231 g/mol. The van der Waals surface area contributed by atoms with Gasteiger partial charge in [-0.3, -0.25) is 0 Å². The largest absolute Gasteiger partial charge is 0.397 e. The molecule has 90 valence electrons. The molecule has 5 heteroatoms. The molecule has 0 saturated carbocycles. The van der Waals surface area contributed by atoms with Crippen LogP contribution < -0.4 is 10.6 Å². The highest BCUT2D eigenvalue weighted by Gasteiger charge is 2.09. The summed E-state index contributed by atoms with van der Waals surface area (Å²) in [4.78, 5) is 6.33. The number of nitrogens with two attached hydrogens (primary N) is 1. The van der Waals surface area contributed by atoms with Crippen molar-refractivity contribution in [2.75, 3.05) is 17.7 Å². The normalized spacial score (nSPS) is 10.5. The predicted molar refractivity (Wildman–Crippen MR) is 68.7 cm³/mol. The van der Waals surface area contributed by atoms with Gasteiger partial charge in [0.2, 0.25) is 0 Å². The van der Waals surface area contributed by atoms with Gasteiger partial charge in [-0.1, -0.05) is 12.1 Å². The highest BCUT2D eigenvalue weighted by molar-refractivity contribution is 5.66. The lowest BCUT2D eigenvalue weighted by atomic mass is 10.2. The summed E-state index contributed by atoms with van der Waals surface area (Å²) < 4.78 is 1.88. The van der Waals surface area contributed by atoms with Gasteiger partial charge in [0.05, 0.1) is 17.9 Å². The van der Waals surface area contributed by atoms with Gasteiger partial charge in [-0.25, -0.2) is 9.67 Å². The Morgan fingerprint density at radius 3 is 2.82 bits per heavy atom. The van der Waals surface area contributed by atoms with Crippen LogP contribution in [0.4, 0.5) is 11.4 Å². The van der Waals surface area contributed by atoms with Gasteiger partial charge in [-0.2, -0.15) is 5.10 Å². The van der Waals surface area contributed by atoms with E-state index >= 15 is 0 Å². The van der Waals surface area contributed by atoms with Gasteiger partial charge in [0.15, 0.2) is 0 Å². The first kappa shape index (κ1) is 11.4. The second-order valence-electron chi connectivity index (χ2n) is 3.91. The molecule has 2 aromatic rings. The molecule has 0 aliphatic heterocycles. The minimum Gasteiger partial charge on any atom is -0.397 e. The third-order valence-electron chi connectivity index (χ3n) is 2.72. The molecule has 1 aromatic heterocycles. The van der Waals surface area contributed by atoms with Crippen LogP contribution in [-0.2, 0) is 13.1 Å². The van der Waals surface area contributed by atoms with Gasteiger partial charge < -0.3 is 10.6 Å². The zero-order valence-corrected chi connectivity index (χ0v) is 10.2. The fourth-order valence-electron chi connectivity index (χ4n) is 1.81. The molecule has 2 N–H and O–H groups in total. The van der Waals surface area contributed by atoms with E-state index in [1.54, 1.807) is 6.33 Å². The van der Waals surface area contributed by atoms with E-state index in [9.17, 15) is 0 Å². The molecule has 0 unspecified atom stereocenters. The van der Waals surface area contributed by atoms with Gasteiger partial charge in [0.25, 0.3) is 0 Å². The lowest BCUT2D eigenvalue weighted by Gasteiger charge is -2.20. The number of nitrogen functional groups attached to an aromatic ring is 1. The standard InChI is InChI=1S/C12H17N5/c1-3-17-12(14-9-15-17)8-16(2)11-7-5-4-6-10(11)13/h4-7,9H,3,8,13H2,1-2H3. The Balaban J connectivity index is 2.17. The molecule has 1 heterocycles. The highest BCUT2D eigenvalue weighted by atomic mass is 15.3. The molecule has 0 radical (unpaired) electrons. The lowest BCUT2D eigenvalue weighted by molar-refractivity contribution is 0.610. The minimum absolute atomic E-state index is 0.696. The molecule has 0 fully saturated rings. The number of para-hydroxylation sites is 2. The Bertz CT molecular complexity index is 491. The summed E-state index contributed by atoms with van der Waals surface area (Å²) in [5.74, 6) is 0.943. The van der Waals surface area contributed by atoms with Crippen molar-refractivity contribution in [1.82, 2.24) is 14.8 Å². The zero-order valence-electron chi connectivity index (χ0n) is 10.2. The molecule has 17 heavy (non-hydrogen) atoms. The van der Waals surface area contributed by atoms with Crippen molar-refractivity contribution in [3.05, 3.63) is 36.4 Å². The lowest BCUT2D eigenvalue weighted by Crippen LogP contribution is -2.20. The van der Waals surface area contributed by atoms with Crippen molar-refractivity contribution in [2.45, 2.75) is 20.0 Å². The molecule has 0 aliphatic rings. The third kappa shape index (κ3) is 2.38. The minimum atomic E-state index is 0.696. The number of rotatable bonds is 4. The maximum atomic E-state index is 5.94. The second-order valence-corrected chi connectivity index (χ2v) is 3.91. The second kappa shape index (κ2) is 4.86. The Morgan fingerprint density at radius 1 is 1.35 bits per heavy atom. The number of aryl methyl sites for hydroxylation is 1. The summed E-state index contributed by atoms with van der Waals surface area (Å²) in [7, 11) is 2.00. The highest BCUT2D eigenvalue weighted by Crippen LogP contribution is 2.22. The molecule has 0 amide bonds. The van der Waals surface area contributed by atoms with Gasteiger partial charge in [0, 0.05) is 13.6 Å². The van der Waals surface area contributed by atoms with Crippen LogP contribution in [0.1, 0.15) is 12.7 Å². The Labute approximate surface area is 101 Å². The van der Waals surface area contributed by atoms with Gasteiger partial charge in [-0.05, 0) is 19.1 Å². The Kier molecular flexibility index (Phi) is 3.27. The van der Waals surface area contributed by atoms with Crippen LogP contribution in [-0.4, -0.2) is 21.8 Å². The zero-order chi connectivity index (χ0) is 12.3. The molecule has 5 nitrogen and oxygen atoms in total.